The van der Waals surface area contributed by atoms with Crippen molar-refractivity contribution in [3.05, 3.63) is 35.9 Å². The van der Waals surface area contributed by atoms with E-state index in [1.165, 1.54) is 25.7 Å². The Morgan fingerprint density at radius 2 is 1.75 bits per heavy atom. The van der Waals surface area contributed by atoms with E-state index in [2.05, 4.69) is 12.2 Å². The number of rotatable bonds is 10. The molecule has 20 heavy (non-hydrogen) atoms. The summed E-state index contributed by atoms with van der Waals surface area (Å²) in [5, 5.41) is 2.76. The van der Waals surface area contributed by atoms with Crippen LogP contribution in [0, 0.1) is 0 Å². The molecule has 3 heteroatoms. The van der Waals surface area contributed by atoms with Gasteiger partial charge in [0.1, 0.15) is 0 Å². The molecule has 1 aromatic carbocycles. The van der Waals surface area contributed by atoms with Crippen molar-refractivity contribution in [2.24, 2.45) is 0 Å². The molecule has 1 aromatic rings. The predicted molar refractivity (Wildman–Crippen MR) is 86.0 cm³/mol. The smallest absolute Gasteiger partial charge is 0.220 e. The van der Waals surface area contributed by atoms with E-state index in [1.807, 2.05) is 30.3 Å². The summed E-state index contributed by atoms with van der Waals surface area (Å²) in [6.07, 6.45) is 7.84. The van der Waals surface area contributed by atoms with Crippen molar-refractivity contribution in [3.8, 4) is 0 Å². The van der Waals surface area contributed by atoms with E-state index in [4.69, 9.17) is 11.6 Å². The normalized spacial score (nSPS) is 12.1. The van der Waals surface area contributed by atoms with Crippen molar-refractivity contribution in [1.82, 2.24) is 5.32 Å². The number of hydrogen-bond acceptors (Lipinski definition) is 1. The molecule has 1 amide bonds. The lowest BCUT2D eigenvalue weighted by Gasteiger charge is -2.11. The number of nitrogens with one attached hydrogen (secondary N) is 1. The Morgan fingerprint density at radius 3 is 2.45 bits per heavy atom. The maximum Gasteiger partial charge on any atom is 0.220 e. The fraction of sp³-hybridized carbons (Fsp3) is 0.588. The van der Waals surface area contributed by atoms with E-state index in [9.17, 15) is 4.79 Å². The van der Waals surface area contributed by atoms with Crippen LogP contribution >= 0.6 is 11.6 Å². The van der Waals surface area contributed by atoms with Crippen LogP contribution in [0.1, 0.15) is 62.8 Å². The average molecular weight is 296 g/mol. The second-order valence-electron chi connectivity index (χ2n) is 5.20. The number of halogens is 1. The number of carbonyl (C=O) groups is 1. The van der Waals surface area contributed by atoms with Crippen molar-refractivity contribution in [2.45, 2.75) is 57.2 Å². The molecule has 1 rings (SSSR count). The molecule has 2 nitrogen and oxygen atoms in total. The lowest BCUT2D eigenvalue weighted by molar-refractivity contribution is -0.121. The molecule has 1 atom stereocenters. The van der Waals surface area contributed by atoms with Crippen LogP contribution in [0.5, 0.6) is 0 Å². The summed E-state index contributed by atoms with van der Waals surface area (Å²) < 4.78 is 0. The molecule has 0 aliphatic carbocycles. The van der Waals surface area contributed by atoms with Crippen LogP contribution in [0.25, 0.3) is 0 Å². The molecule has 0 saturated carbocycles. The second-order valence-corrected chi connectivity index (χ2v) is 5.73. The number of unbranched alkanes of at least 4 members (excludes halogenated alkanes) is 5. The zero-order valence-electron chi connectivity index (χ0n) is 12.4. The molecule has 1 N–H and O–H groups in total. The van der Waals surface area contributed by atoms with Gasteiger partial charge in [0.05, 0.1) is 5.38 Å². The number of alkyl halides is 1. The summed E-state index contributed by atoms with van der Waals surface area (Å²) in [5.41, 5.74) is 1.05. The van der Waals surface area contributed by atoms with Gasteiger partial charge >= 0.3 is 0 Å². The van der Waals surface area contributed by atoms with Gasteiger partial charge in [0.25, 0.3) is 0 Å². The van der Waals surface area contributed by atoms with Crippen LogP contribution in [-0.2, 0) is 4.79 Å². The molecule has 0 fully saturated rings. The molecule has 0 bridgehead atoms. The Labute approximate surface area is 127 Å². The summed E-state index contributed by atoms with van der Waals surface area (Å²) in [6.45, 7) is 2.71. The summed E-state index contributed by atoms with van der Waals surface area (Å²) in [4.78, 5) is 11.7. The Morgan fingerprint density at radius 1 is 1.10 bits per heavy atom. The highest BCUT2D eigenvalue weighted by Gasteiger charge is 2.08. The average Bonchev–Trinajstić information content (AvgIpc) is 2.49. The van der Waals surface area contributed by atoms with Crippen LogP contribution in [-0.4, -0.2) is 12.5 Å². The molecule has 0 radical (unpaired) electrons. The predicted octanol–water partition coefficient (Wildman–Crippen LogP) is 4.83. The van der Waals surface area contributed by atoms with Crippen molar-refractivity contribution in [2.75, 3.05) is 6.54 Å². The van der Waals surface area contributed by atoms with E-state index >= 15 is 0 Å². The Bertz CT molecular complexity index is 367. The van der Waals surface area contributed by atoms with Gasteiger partial charge in [-0.25, -0.2) is 0 Å². The van der Waals surface area contributed by atoms with Crippen molar-refractivity contribution in [3.63, 3.8) is 0 Å². The van der Waals surface area contributed by atoms with Gasteiger partial charge in [-0.1, -0.05) is 69.4 Å². The van der Waals surface area contributed by atoms with Crippen LogP contribution in [0.3, 0.4) is 0 Å². The molecule has 1 unspecified atom stereocenters. The molecule has 0 aliphatic rings. The van der Waals surface area contributed by atoms with E-state index in [-0.39, 0.29) is 11.3 Å². The summed E-state index contributed by atoms with van der Waals surface area (Å²) in [6, 6.07) is 9.85. The van der Waals surface area contributed by atoms with Crippen LogP contribution in [0.15, 0.2) is 30.3 Å². The number of amides is 1. The zero-order chi connectivity index (χ0) is 14.6. The second kappa shape index (κ2) is 10.7. The minimum Gasteiger partial charge on any atom is -0.354 e. The van der Waals surface area contributed by atoms with Crippen LogP contribution in [0.4, 0.5) is 0 Å². The molecule has 0 aromatic heterocycles. The van der Waals surface area contributed by atoms with Crippen LogP contribution < -0.4 is 5.32 Å². The Balaban J connectivity index is 2.08. The number of carbonyl (C=O) groups excluding carboxylic acids is 1. The van der Waals surface area contributed by atoms with Gasteiger partial charge in [0, 0.05) is 13.0 Å². The topological polar surface area (TPSA) is 29.1 Å². The van der Waals surface area contributed by atoms with Crippen LogP contribution in [0.2, 0.25) is 0 Å². The Kier molecular flexibility index (Phi) is 9.14. The third-order valence-electron chi connectivity index (χ3n) is 3.40. The van der Waals surface area contributed by atoms with Crippen molar-refractivity contribution >= 4 is 17.5 Å². The highest BCUT2D eigenvalue weighted by atomic mass is 35.5. The van der Waals surface area contributed by atoms with E-state index < -0.39 is 0 Å². The summed E-state index contributed by atoms with van der Waals surface area (Å²) in [5.74, 6) is 0.113. The molecular formula is C17H26ClNO. The lowest BCUT2D eigenvalue weighted by atomic mass is 10.1. The number of hydrogen-bond donors (Lipinski definition) is 1. The fourth-order valence-corrected chi connectivity index (χ4v) is 2.36. The SMILES string of the molecule is CCCCCCCCC(=O)NCC(Cl)c1ccccc1. The third kappa shape index (κ3) is 7.54. The molecule has 0 saturated heterocycles. The minimum absolute atomic E-state index is 0.113. The molecule has 0 heterocycles. The maximum absolute atomic E-state index is 11.7. The first-order chi connectivity index (χ1) is 9.74. The van der Waals surface area contributed by atoms with Gasteiger partial charge in [0.2, 0.25) is 5.91 Å². The largest absolute Gasteiger partial charge is 0.354 e. The monoisotopic (exact) mass is 295 g/mol. The molecule has 112 valence electrons. The van der Waals surface area contributed by atoms with E-state index in [1.54, 1.807) is 0 Å². The maximum atomic E-state index is 11.7. The first-order valence-corrected chi connectivity index (χ1v) is 8.13. The van der Waals surface area contributed by atoms with Gasteiger partial charge in [-0.2, -0.15) is 0 Å². The molecule has 0 spiro atoms. The Hall–Kier alpha value is -1.02. The third-order valence-corrected chi connectivity index (χ3v) is 3.80. The first kappa shape index (κ1) is 17.0. The van der Waals surface area contributed by atoms with Crippen molar-refractivity contribution < 1.29 is 4.79 Å². The number of benzene rings is 1. The fourth-order valence-electron chi connectivity index (χ4n) is 2.14. The van der Waals surface area contributed by atoms with Gasteiger partial charge in [0.15, 0.2) is 0 Å². The van der Waals surface area contributed by atoms with E-state index in [0.717, 1.165) is 18.4 Å². The van der Waals surface area contributed by atoms with Gasteiger partial charge in [-0.3, -0.25) is 4.79 Å². The van der Waals surface area contributed by atoms with E-state index in [0.29, 0.717) is 13.0 Å². The summed E-state index contributed by atoms with van der Waals surface area (Å²) >= 11 is 6.25. The minimum atomic E-state index is -0.148. The van der Waals surface area contributed by atoms with Gasteiger partial charge < -0.3 is 5.32 Å². The van der Waals surface area contributed by atoms with Crippen molar-refractivity contribution in [1.29, 1.82) is 0 Å². The highest BCUT2D eigenvalue weighted by molar-refractivity contribution is 6.21. The standard InChI is InChI=1S/C17H26ClNO/c1-2-3-4-5-6-10-13-17(20)19-14-16(18)15-11-8-7-9-12-15/h7-9,11-12,16H,2-6,10,13-14H2,1H3,(H,19,20). The highest BCUT2D eigenvalue weighted by Crippen LogP contribution is 2.18. The lowest BCUT2D eigenvalue weighted by Crippen LogP contribution is -2.26. The quantitative estimate of drug-likeness (QED) is 0.486. The van der Waals surface area contributed by atoms with Gasteiger partial charge in [-0.15, -0.1) is 11.6 Å². The molecular weight excluding hydrogens is 270 g/mol. The van der Waals surface area contributed by atoms with Gasteiger partial charge in [-0.05, 0) is 12.0 Å². The first-order valence-electron chi connectivity index (χ1n) is 7.69. The zero-order valence-corrected chi connectivity index (χ0v) is 13.2. The molecule has 0 aliphatic heterocycles. The summed E-state index contributed by atoms with van der Waals surface area (Å²) in [7, 11) is 0.